The van der Waals surface area contributed by atoms with Crippen LogP contribution in [-0.2, 0) is 19.5 Å². The standard InChI is InChI=1S/C24H30N4S/c1-4-21-11-7-12-23(20(21)3)26-24(29)28(15-8-14-27-16-13-25-18-27)17-22-10-6-5-9-19(22)2/h5-7,9-13,16,18H,4,8,14-15,17H2,1-3H3,(H,26,29). The third kappa shape index (κ3) is 5.67. The second-order valence-corrected chi connectivity index (χ2v) is 7.76. The molecular weight excluding hydrogens is 376 g/mol. The number of anilines is 1. The van der Waals surface area contributed by atoms with Crippen molar-refractivity contribution in [2.24, 2.45) is 0 Å². The summed E-state index contributed by atoms with van der Waals surface area (Å²) in [4.78, 5) is 6.40. The van der Waals surface area contributed by atoms with Gasteiger partial charge in [-0.05, 0) is 67.2 Å². The Hall–Kier alpha value is -2.66. The lowest BCUT2D eigenvalue weighted by atomic mass is 10.0. The summed E-state index contributed by atoms with van der Waals surface area (Å²) in [5, 5.41) is 4.28. The summed E-state index contributed by atoms with van der Waals surface area (Å²) >= 11 is 5.85. The van der Waals surface area contributed by atoms with Gasteiger partial charge in [0.2, 0.25) is 0 Å². The highest BCUT2D eigenvalue weighted by Gasteiger charge is 2.13. The zero-order chi connectivity index (χ0) is 20.6. The van der Waals surface area contributed by atoms with Crippen LogP contribution in [0.3, 0.4) is 0 Å². The number of thiocarbonyl (C=S) groups is 1. The topological polar surface area (TPSA) is 33.1 Å². The number of aryl methyl sites for hydroxylation is 3. The molecule has 0 fully saturated rings. The first-order chi connectivity index (χ1) is 14.1. The van der Waals surface area contributed by atoms with E-state index in [-0.39, 0.29) is 0 Å². The number of imidazole rings is 1. The van der Waals surface area contributed by atoms with Gasteiger partial charge in [0.25, 0.3) is 0 Å². The summed E-state index contributed by atoms with van der Waals surface area (Å²) in [6, 6.07) is 14.9. The molecule has 0 amide bonds. The van der Waals surface area contributed by atoms with Crippen molar-refractivity contribution >= 4 is 23.0 Å². The van der Waals surface area contributed by atoms with Crippen LogP contribution < -0.4 is 5.32 Å². The number of nitrogens with one attached hydrogen (secondary N) is 1. The lowest BCUT2D eigenvalue weighted by Crippen LogP contribution is -2.36. The molecule has 0 spiro atoms. The van der Waals surface area contributed by atoms with E-state index in [1.165, 1.54) is 22.3 Å². The van der Waals surface area contributed by atoms with Crippen molar-refractivity contribution < 1.29 is 0 Å². The zero-order valence-electron chi connectivity index (χ0n) is 17.6. The molecule has 0 atom stereocenters. The Labute approximate surface area is 179 Å². The highest BCUT2D eigenvalue weighted by Crippen LogP contribution is 2.21. The second-order valence-electron chi connectivity index (χ2n) is 7.38. The lowest BCUT2D eigenvalue weighted by molar-refractivity contribution is 0.395. The smallest absolute Gasteiger partial charge is 0.173 e. The number of nitrogens with zero attached hydrogens (tertiary/aromatic N) is 3. The van der Waals surface area contributed by atoms with Crippen LogP contribution in [0, 0.1) is 13.8 Å². The van der Waals surface area contributed by atoms with Crippen LogP contribution in [0.1, 0.15) is 35.6 Å². The van der Waals surface area contributed by atoms with Gasteiger partial charge in [0.15, 0.2) is 5.11 Å². The van der Waals surface area contributed by atoms with E-state index < -0.39 is 0 Å². The van der Waals surface area contributed by atoms with Crippen LogP contribution in [0.25, 0.3) is 0 Å². The third-order valence-corrected chi connectivity index (χ3v) is 5.74. The first-order valence-electron chi connectivity index (χ1n) is 10.2. The number of benzene rings is 2. The molecule has 0 saturated heterocycles. The van der Waals surface area contributed by atoms with Crippen LogP contribution in [0.5, 0.6) is 0 Å². The second kappa shape index (κ2) is 10.2. The molecule has 0 aliphatic heterocycles. The van der Waals surface area contributed by atoms with Gasteiger partial charge in [0.05, 0.1) is 6.33 Å². The molecule has 1 heterocycles. The Morgan fingerprint density at radius 3 is 2.62 bits per heavy atom. The summed E-state index contributed by atoms with van der Waals surface area (Å²) in [6.45, 7) is 9.11. The van der Waals surface area contributed by atoms with Gasteiger partial charge in [-0.3, -0.25) is 0 Å². The molecule has 1 aromatic heterocycles. The predicted molar refractivity (Wildman–Crippen MR) is 125 cm³/mol. The third-order valence-electron chi connectivity index (χ3n) is 5.38. The molecule has 5 heteroatoms. The largest absolute Gasteiger partial charge is 0.345 e. The van der Waals surface area contributed by atoms with Gasteiger partial charge < -0.3 is 14.8 Å². The minimum absolute atomic E-state index is 0.773. The maximum Gasteiger partial charge on any atom is 0.173 e. The van der Waals surface area contributed by atoms with Gasteiger partial charge in [-0.2, -0.15) is 0 Å². The fourth-order valence-corrected chi connectivity index (χ4v) is 3.77. The fraction of sp³-hybridized carbons (Fsp3) is 0.333. The highest BCUT2D eigenvalue weighted by atomic mass is 32.1. The van der Waals surface area contributed by atoms with Gasteiger partial charge in [-0.1, -0.05) is 43.3 Å². The maximum absolute atomic E-state index is 5.85. The first kappa shape index (κ1) is 21.1. The average Bonchev–Trinajstić information content (AvgIpc) is 3.23. The Kier molecular flexibility index (Phi) is 7.42. The van der Waals surface area contributed by atoms with E-state index >= 15 is 0 Å². The van der Waals surface area contributed by atoms with Gasteiger partial charge in [0, 0.05) is 37.7 Å². The summed E-state index contributed by atoms with van der Waals surface area (Å²) < 4.78 is 2.11. The first-order valence-corrected chi connectivity index (χ1v) is 10.6. The van der Waals surface area contributed by atoms with E-state index in [2.05, 4.69) is 83.0 Å². The molecule has 0 saturated carbocycles. The molecule has 0 aliphatic rings. The minimum atomic E-state index is 0.773. The lowest BCUT2D eigenvalue weighted by Gasteiger charge is -2.27. The van der Waals surface area contributed by atoms with Crippen LogP contribution >= 0.6 is 12.2 Å². The molecule has 0 aliphatic carbocycles. The number of aromatic nitrogens is 2. The molecule has 0 radical (unpaired) electrons. The van der Waals surface area contributed by atoms with Crippen molar-refractivity contribution in [3.05, 3.63) is 83.4 Å². The molecule has 4 nitrogen and oxygen atoms in total. The molecule has 3 rings (SSSR count). The fourth-order valence-electron chi connectivity index (χ4n) is 3.50. The van der Waals surface area contributed by atoms with Crippen molar-refractivity contribution in [2.75, 3.05) is 11.9 Å². The molecular formula is C24H30N4S. The van der Waals surface area contributed by atoms with E-state index in [0.717, 1.165) is 43.3 Å². The number of hydrogen-bond acceptors (Lipinski definition) is 2. The quantitative estimate of drug-likeness (QED) is 0.511. The molecule has 29 heavy (non-hydrogen) atoms. The Morgan fingerprint density at radius 1 is 1.10 bits per heavy atom. The zero-order valence-corrected chi connectivity index (χ0v) is 18.4. The maximum atomic E-state index is 5.85. The van der Waals surface area contributed by atoms with Gasteiger partial charge in [-0.25, -0.2) is 4.98 Å². The molecule has 152 valence electrons. The van der Waals surface area contributed by atoms with Gasteiger partial charge >= 0.3 is 0 Å². The summed E-state index contributed by atoms with van der Waals surface area (Å²) in [6.07, 6.45) is 7.70. The highest BCUT2D eigenvalue weighted by molar-refractivity contribution is 7.80. The van der Waals surface area contributed by atoms with Crippen molar-refractivity contribution in [1.82, 2.24) is 14.5 Å². The Morgan fingerprint density at radius 2 is 1.90 bits per heavy atom. The number of hydrogen-bond donors (Lipinski definition) is 1. The van der Waals surface area contributed by atoms with Crippen molar-refractivity contribution in [3.8, 4) is 0 Å². The van der Waals surface area contributed by atoms with Crippen molar-refractivity contribution in [2.45, 2.75) is 46.7 Å². The molecule has 2 aromatic carbocycles. The average molecular weight is 407 g/mol. The molecule has 0 unspecified atom stereocenters. The SMILES string of the molecule is CCc1cccc(NC(=S)N(CCCn2ccnc2)Cc2ccccc2C)c1C. The van der Waals surface area contributed by atoms with E-state index in [1.54, 1.807) is 0 Å². The number of rotatable bonds is 8. The monoisotopic (exact) mass is 406 g/mol. The van der Waals surface area contributed by atoms with Crippen molar-refractivity contribution in [3.63, 3.8) is 0 Å². The van der Waals surface area contributed by atoms with Gasteiger partial charge in [0.1, 0.15) is 0 Å². The van der Waals surface area contributed by atoms with Crippen molar-refractivity contribution in [1.29, 1.82) is 0 Å². The van der Waals surface area contributed by atoms with E-state index in [0.29, 0.717) is 0 Å². The van der Waals surface area contributed by atoms with E-state index in [1.807, 2.05) is 18.7 Å². The normalized spacial score (nSPS) is 10.7. The summed E-state index contributed by atoms with van der Waals surface area (Å²) in [5.41, 5.74) is 6.31. The molecule has 0 bridgehead atoms. The molecule has 3 aromatic rings. The van der Waals surface area contributed by atoms with E-state index in [4.69, 9.17) is 12.2 Å². The summed E-state index contributed by atoms with van der Waals surface area (Å²) in [7, 11) is 0. The predicted octanol–water partition coefficient (Wildman–Crippen LogP) is 5.35. The van der Waals surface area contributed by atoms with Crippen LogP contribution in [0.15, 0.2) is 61.2 Å². The Balaban J connectivity index is 1.73. The Bertz CT molecular complexity index is 934. The van der Waals surface area contributed by atoms with Gasteiger partial charge in [-0.15, -0.1) is 0 Å². The minimum Gasteiger partial charge on any atom is -0.345 e. The molecule has 1 N–H and O–H groups in total. The van der Waals surface area contributed by atoms with Crippen LogP contribution in [0.2, 0.25) is 0 Å². The van der Waals surface area contributed by atoms with Crippen LogP contribution in [-0.4, -0.2) is 26.1 Å². The summed E-state index contributed by atoms with van der Waals surface area (Å²) in [5.74, 6) is 0. The van der Waals surface area contributed by atoms with E-state index in [9.17, 15) is 0 Å². The van der Waals surface area contributed by atoms with Crippen LogP contribution in [0.4, 0.5) is 5.69 Å².